The number of aromatic nitrogens is 2. The quantitative estimate of drug-likeness (QED) is 0.785. The van der Waals surface area contributed by atoms with Crippen molar-refractivity contribution in [2.24, 2.45) is 0 Å². The van der Waals surface area contributed by atoms with E-state index in [0.29, 0.717) is 32.8 Å². The van der Waals surface area contributed by atoms with Gasteiger partial charge in [-0.15, -0.1) is 0 Å². The molecular formula is C15H31N5O3S. The maximum atomic E-state index is 12.3. The smallest absolute Gasteiger partial charge is 0.317 e. The number of ether oxygens (including phenoxy) is 1. The molecule has 1 aliphatic heterocycles. The normalized spacial score (nSPS) is 15.5. The molecule has 0 saturated carbocycles. The fourth-order valence-corrected chi connectivity index (χ4v) is 2.45. The van der Waals surface area contributed by atoms with Crippen LogP contribution in [0.1, 0.15) is 23.1 Å². The number of amides is 3. The molecule has 2 heterocycles. The van der Waals surface area contributed by atoms with Gasteiger partial charge in [-0.05, 0) is 13.8 Å². The summed E-state index contributed by atoms with van der Waals surface area (Å²) in [6.07, 6.45) is 5.39. The molecule has 1 atom stereocenters. The van der Waals surface area contributed by atoms with E-state index in [1.807, 2.05) is 24.6 Å². The predicted molar refractivity (Wildman–Crippen MR) is 99.4 cm³/mol. The Labute approximate surface area is 152 Å². The molecule has 3 amide bonds. The first-order chi connectivity index (χ1) is 11.0. The van der Waals surface area contributed by atoms with E-state index < -0.39 is 0 Å². The van der Waals surface area contributed by atoms with E-state index in [-0.39, 0.29) is 46.8 Å². The Morgan fingerprint density at radius 3 is 2.58 bits per heavy atom. The highest BCUT2D eigenvalue weighted by Gasteiger charge is 2.22. The molecule has 1 aliphatic rings. The number of rotatable bonds is 6. The second kappa shape index (κ2) is 10.2. The summed E-state index contributed by atoms with van der Waals surface area (Å²) in [6.45, 7) is 6.57. The van der Waals surface area contributed by atoms with Crippen molar-refractivity contribution >= 4 is 25.4 Å². The minimum atomic E-state index is -0.293. The Morgan fingerprint density at radius 1 is 1.29 bits per heavy atom. The molecule has 1 aromatic rings. The predicted octanol–water partition coefficient (Wildman–Crippen LogP) is 0.813. The van der Waals surface area contributed by atoms with Gasteiger partial charge in [-0.25, -0.2) is 9.78 Å². The van der Waals surface area contributed by atoms with Gasteiger partial charge in [0, 0.05) is 47.3 Å². The van der Waals surface area contributed by atoms with Gasteiger partial charge in [0.05, 0.1) is 25.6 Å². The molecule has 1 saturated heterocycles. The van der Waals surface area contributed by atoms with Crippen LogP contribution in [0.2, 0.25) is 0 Å². The van der Waals surface area contributed by atoms with Crippen LogP contribution in [-0.4, -0.2) is 64.8 Å². The maximum absolute atomic E-state index is 12.3. The number of imidazole rings is 1. The highest BCUT2D eigenvalue weighted by atomic mass is 32.1. The van der Waals surface area contributed by atoms with Crippen molar-refractivity contribution < 1.29 is 17.2 Å². The molecule has 0 radical (unpaired) electrons. The summed E-state index contributed by atoms with van der Waals surface area (Å²) in [5.41, 5.74) is 0. The van der Waals surface area contributed by atoms with Gasteiger partial charge in [0.1, 0.15) is 0 Å². The van der Waals surface area contributed by atoms with Crippen LogP contribution in [0.25, 0.3) is 0 Å². The van der Waals surface area contributed by atoms with Gasteiger partial charge in [0.2, 0.25) is 5.91 Å². The van der Waals surface area contributed by atoms with Crippen molar-refractivity contribution in [3.63, 3.8) is 0 Å². The zero-order chi connectivity index (χ0) is 16.7. The van der Waals surface area contributed by atoms with Crippen molar-refractivity contribution in [2.45, 2.75) is 38.9 Å². The molecule has 2 N–H and O–H groups in total. The number of nitrogens with zero attached hydrogens (tertiary/aromatic N) is 3. The summed E-state index contributed by atoms with van der Waals surface area (Å²) in [5, 5.41) is 5.81. The standard InChI is InChI=1S/C15H25N5O3.H2S.2H2/c1-12(2)17-14(21)9-13(10-19-4-3-16-11-19)18-15(22)20-5-7-23-8-6-20;;;/h3-4,11-13H,5-10H2,1-2H3,(H,17,21)(H,18,22);1H2;2*1H/t13-;;;/m1.../s1. The van der Waals surface area contributed by atoms with Gasteiger partial charge in [0.15, 0.2) is 0 Å². The molecule has 0 aliphatic carbocycles. The monoisotopic (exact) mass is 361 g/mol. The molecule has 0 bridgehead atoms. The molecule has 0 unspecified atom stereocenters. The topological polar surface area (TPSA) is 88.5 Å². The van der Waals surface area contributed by atoms with Gasteiger partial charge >= 0.3 is 6.03 Å². The summed E-state index contributed by atoms with van der Waals surface area (Å²) in [4.78, 5) is 30.1. The maximum Gasteiger partial charge on any atom is 0.317 e. The first kappa shape index (κ1) is 20.3. The largest absolute Gasteiger partial charge is 0.378 e. The zero-order valence-corrected chi connectivity index (χ0v) is 15.2. The molecule has 140 valence electrons. The molecule has 0 aromatic carbocycles. The van der Waals surface area contributed by atoms with Crippen LogP contribution in [0.3, 0.4) is 0 Å². The Hall–Kier alpha value is -1.74. The minimum absolute atomic E-state index is 0. The fraction of sp³-hybridized carbons (Fsp3) is 0.667. The van der Waals surface area contributed by atoms with E-state index in [0.717, 1.165) is 0 Å². The fourth-order valence-electron chi connectivity index (χ4n) is 2.45. The third-order valence-corrected chi connectivity index (χ3v) is 3.50. The van der Waals surface area contributed by atoms with Crippen molar-refractivity contribution in [3.05, 3.63) is 18.7 Å². The molecule has 1 fully saturated rings. The Balaban J connectivity index is 0. The Kier molecular flexibility index (Phi) is 8.62. The van der Waals surface area contributed by atoms with E-state index in [9.17, 15) is 9.59 Å². The van der Waals surface area contributed by atoms with E-state index >= 15 is 0 Å². The number of nitrogens with one attached hydrogen (secondary N) is 2. The zero-order valence-electron chi connectivity index (χ0n) is 14.2. The van der Waals surface area contributed by atoms with Gasteiger partial charge < -0.3 is 24.8 Å². The minimum Gasteiger partial charge on any atom is -0.378 e. The molecule has 8 nitrogen and oxygen atoms in total. The van der Waals surface area contributed by atoms with Crippen LogP contribution in [0, 0.1) is 0 Å². The van der Waals surface area contributed by atoms with Crippen LogP contribution in [0.15, 0.2) is 18.7 Å². The number of morpholine rings is 1. The Morgan fingerprint density at radius 2 is 2.00 bits per heavy atom. The van der Waals surface area contributed by atoms with E-state index in [4.69, 9.17) is 4.74 Å². The third kappa shape index (κ3) is 6.79. The highest BCUT2D eigenvalue weighted by Crippen LogP contribution is 2.03. The lowest BCUT2D eigenvalue weighted by Crippen LogP contribution is -2.51. The second-order valence-corrected chi connectivity index (χ2v) is 5.93. The van der Waals surface area contributed by atoms with Gasteiger partial charge in [0.25, 0.3) is 0 Å². The van der Waals surface area contributed by atoms with Crippen LogP contribution in [0.4, 0.5) is 4.79 Å². The average molecular weight is 362 g/mol. The van der Waals surface area contributed by atoms with Crippen molar-refractivity contribution in [2.75, 3.05) is 26.3 Å². The van der Waals surface area contributed by atoms with Crippen LogP contribution in [0.5, 0.6) is 0 Å². The molecule has 24 heavy (non-hydrogen) atoms. The Bertz CT molecular complexity index is 513. The molecule has 2 rings (SSSR count). The van der Waals surface area contributed by atoms with Gasteiger partial charge in [-0.3, -0.25) is 4.79 Å². The average Bonchev–Trinajstić information content (AvgIpc) is 3.00. The number of hydrogen-bond acceptors (Lipinski definition) is 4. The van der Waals surface area contributed by atoms with Crippen LogP contribution in [-0.2, 0) is 16.1 Å². The lowest BCUT2D eigenvalue weighted by molar-refractivity contribution is -0.122. The number of carbonyl (C=O) groups excluding carboxylic acids is 2. The van der Waals surface area contributed by atoms with Gasteiger partial charge in [-0.2, -0.15) is 13.5 Å². The van der Waals surface area contributed by atoms with E-state index in [2.05, 4.69) is 15.6 Å². The summed E-state index contributed by atoms with van der Waals surface area (Å²) < 4.78 is 7.10. The highest BCUT2D eigenvalue weighted by molar-refractivity contribution is 7.59. The lowest BCUT2D eigenvalue weighted by Gasteiger charge is -2.29. The molecule has 9 heteroatoms. The number of urea groups is 1. The van der Waals surface area contributed by atoms with Crippen molar-refractivity contribution in [1.29, 1.82) is 0 Å². The molecule has 0 spiro atoms. The summed E-state index contributed by atoms with van der Waals surface area (Å²) in [5.74, 6) is -0.0765. The van der Waals surface area contributed by atoms with Crippen molar-refractivity contribution in [3.8, 4) is 0 Å². The second-order valence-electron chi connectivity index (χ2n) is 5.93. The SMILES string of the molecule is CC(C)NC(=O)C[C@H](Cn1ccnc1)NC(=O)N1CCOCC1.S.[HH].[HH]. The number of carbonyl (C=O) groups is 2. The van der Waals surface area contributed by atoms with Gasteiger partial charge in [-0.1, -0.05) is 0 Å². The van der Waals surface area contributed by atoms with Crippen LogP contribution >= 0.6 is 13.5 Å². The number of hydrogen-bond donors (Lipinski definition) is 2. The molecular weight excluding hydrogens is 330 g/mol. The van der Waals surface area contributed by atoms with Crippen molar-refractivity contribution in [1.82, 2.24) is 25.1 Å². The first-order valence-corrected chi connectivity index (χ1v) is 7.93. The third-order valence-electron chi connectivity index (χ3n) is 3.50. The van der Waals surface area contributed by atoms with Crippen LogP contribution < -0.4 is 10.6 Å². The van der Waals surface area contributed by atoms with E-state index in [1.165, 1.54) is 0 Å². The summed E-state index contributed by atoms with van der Waals surface area (Å²) in [7, 11) is 0. The summed E-state index contributed by atoms with van der Waals surface area (Å²) >= 11 is 0. The lowest BCUT2D eigenvalue weighted by atomic mass is 10.2. The molecule has 1 aromatic heterocycles. The van der Waals surface area contributed by atoms with E-state index in [1.54, 1.807) is 17.4 Å². The first-order valence-electron chi connectivity index (χ1n) is 7.93. The summed E-state index contributed by atoms with van der Waals surface area (Å²) in [6, 6.07) is -0.375.